The molecular formula is C21H25F2N5S. The SMILES string of the molecule is C/C=C/F.CNc1nn2c3c(c(C)nc2c1Sc1cccc(F)c1)CN(C)CC3. The number of aryl methyl sites for hydroxylation is 1. The number of hydrogen-bond acceptors (Lipinski definition) is 5. The van der Waals surface area contributed by atoms with Crippen LogP contribution in [0.15, 0.2) is 46.5 Å². The number of likely N-dealkylation sites (N-methyl/N-ethyl adjacent to an activating group) is 1. The largest absolute Gasteiger partial charge is 0.371 e. The van der Waals surface area contributed by atoms with Crippen LogP contribution in [0.2, 0.25) is 0 Å². The van der Waals surface area contributed by atoms with Crippen molar-refractivity contribution in [3.05, 3.63) is 59.4 Å². The molecule has 0 radical (unpaired) electrons. The zero-order valence-corrected chi connectivity index (χ0v) is 17.9. The lowest BCUT2D eigenvalue weighted by Crippen LogP contribution is -2.29. The van der Waals surface area contributed by atoms with Crippen molar-refractivity contribution in [1.82, 2.24) is 19.5 Å². The van der Waals surface area contributed by atoms with Crippen LogP contribution in [0.4, 0.5) is 14.6 Å². The van der Waals surface area contributed by atoms with Crippen molar-refractivity contribution in [2.45, 2.75) is 36.6 Å². The van der Waals surface area contributed by atoms with Gasteiger partial charge in [-0.05, 0) is 39.1 Å². The van der Waals surface area contributed by atoms with Crippen molar-refractivity contribution >= 4 is 23.2 Å². The van der Waals surface area contributed by atoms with E-state index in [9.17, 15) is 8.78 Å². The molecule has 3 aromatic rings. The Labute approximate surface area is 173 Å². The zero-order valence-electron chi connectivity index (χ0n) is 17.0. The molecule has 8 heteroatoms. The van der Waals surface area contributed by atoms with Gasteiger partial charge in [-0.2, -0.15) is 0 Å². The molecule has 1 aliphatic heterocycles. The molecule has 0 atom stereocenters. The minimum absolute atomic E-state index is 0.239. The molecule has 1 aromatic carbocycles. The number of anilines is 1. The predicted octanol–water partition coefficient (Wildman–Crippen LogP) is 4.85. The second kappa shape index (κ2) is 9.37. The summed E-state index contributed by atoms with van der Waals surface area (Å²) in [6.45, 7) is 5.58. The minimum atomic E-state index is -0.239. The van der Waals surface area contributed by atoms with Crippen molar-refractivity contribution in [3.63, 3.8) is 0 Å². The van der Waals surface area contributed by atoms with Crippen LogP contribution in [-0.2, 0) is 13.0 Å². The monoisotopic (exact) mass is 417 g/mol. The number of benzene rings is 1. The first-order valence-electron chi connectivity index (χ1n) is 9.40. The van der Waals surface area contributed by atoms with Gasteiger partial charge in [0.2, 0.25) is 0 Å². The van der Waals surface area contributed by atoms with Gasteiger partial charge in [0.15, 0.2) is 11.5 Å². The molecule has 5 nitrogen and oxygen atoms in total. The van der Waals surface area contributed by atoms with Crippen LogP contribution in [0.3, 0.4) is 0 Å². The van der Waals surface area contributed by atoms with Gasteiger partial charge in [0.1, 0.15) is 10.7 Å². The van der Waals surface area contributed by atoms with Crippen molar-refractivity contribution in [3.8, 4) is 0 Å². The number of hydrogen-bond donors (Lipinski definition) is 1. The van der Waals surface area contributed by atoms with Gasteiger partial charge in [-0.15, -0.1) is 5.10 Å². The molecule has 0 aliphatic carbocycles. The molecule has 154 valence electrons. The maximum absolute atomic E-state index is 13.5. The lowest BCUT2D eigenvalue weighted by molar-refractivity contribution is 0.306. The highest BCUT2D eigenvalue weighted by Gasteiger charge is 2.24. The Morgan fingerprint density at radius 3 is 2.72 bits per heavy atom. The van der Waals surface area contributed by atoms with E-state index in [-0.39, 0.29) is 5.82 Å². The van der Waals surface area contributed by atoms with Gasteiger partial charge in [-0.25, -0.2) is 18.3 Å². The molecule has 4 rings (SSSR count). The third-order valence-electron chi connectivity index (χ3n) is 4.67. The summed E-state index contributed by atoms with van der Waals surface area (Å²) in [5.74, 6) is 0.533. The molecule has 0 spiro atoms. The average molecular weight is 418 g/mol. The summed E-state index contributed by atoms with van der Waals surface area (Å²) >= 11 is 1.49. The quantitative estimate of drug-likeness (QED) is 0.660. The fraction of sp³-hybridized carbons (Fsp3) is 0.333. The van der Waals surface area contributed by atoms with Crippen molar-refractivity contribution in [2.24, 2.45) is 0 Å². The van der Waals surface area contributed by atoms with E-state index in [1.807, 2.05) is 17.6 Å². The molecule has 2 aromatic heterocycles. The fourth-order valence-electron chi connectivity index (χ4n) is 3.26. The number of aromatic nitrogens is 3. The zero-order chi connectivity index (χ0) is 21.0. The van der Waals surface area contributed by atoms with Gasteiger partial charge >= 0.3 is 0 Å². The normalized spacial score (nSPS) is 14.0. The van der Waals surface area contributed by atoms with Crippen LogP contribution in [0.1, 0.15) is 23.9 Å². The van der Waals surface area contributed by atoms with Crippen LogP contribution in [0.5, 0.6) is 0 Å². The maximum Gasteiger partial charge on any atom is 0.171 e. The van der Waals surface area contributed by atoms with E-state index in [1.54, 1.807) is 13.0 Å². The third-order valence-corrected chi connectivity index (χ3v) is 5.74. The summed E-state index contributed by atoms with van der Waals surface area (Å²) in [6, 6.07) is 6.61. The summed E-state index contributed by atoms with van der Waals surface area (Å²) in [5.41, 5.74) is 4.36. The molecule has 1 aliphatic rings. The number of nitrogens with zero attached hydrogens (tertiary/aromatic N) is 4. The van der Waals surface area contributed by atoms with E-state index in [4.69, 9.17) is 10.1 Å². The highest BCUT2D eigenvalue weighted by Crippen LogP contribution is 2.37. The summed E-state index contributed by atoms with van der Waals surface area (Å²) in [5, 5.41) is 7.90. The molecule has 0 saturated carbocycles. The first-order valence-corrected chi connectivity index (χ1v) is 10.2. The second-order valence-electron chi connectivity index (χ2n) is 6.79. The Bertz CT molecular complexity index is 1030. The number of rotatable bonds is 3. The van der Waals surface area contributed by atoms with Crippen LogP contribution in [-0.4, -0.2) is 40.1 Å². The smallest absolute Gasteiger partial charge is 0.171 e. The molecule has 3 heterocycles. The molecule has 0 amide bonds. The average Bonchev–Trinajstić information content (AvgIpc) is 3.06. The second-order valence-corrected chi connectivity index (χ2v) is 7.88. The topological polar surface area (TPSA) is 45.5 Å². The van der Waals surface area contributed by atoms with Gasteiger partial charge in [0.25, 0.3) is 0 Å². The molecule has 1 N–H and O–H groups in total. The van der Waals surface area contributed by atoms with E-state index in [1.165, 1.54) is 41.2 Å². The van der Waals surface area contributed by atoms with E-state index in [0.29, 0.717) is 6.33 Å². The van der Waals surface area contributed by atoms with Gasteiger partial charge in [-0.3, -0.25) is 0 Å². The van der Waals surface area contributed by atoms with Gasteiger partial charge in [-0.1, -0.05) is 23.9 Å². The molecule has 0 saturated heterocycles. The number of nitrogens with one attached hydrogen (secondary N) is 1. The molecule has 29 heavy (non-hydrogen) atoms. The van der Waals surface area contributed by atoms with Crippen molar-refractivity contribution < 1.29 is 8.78 Å². The molecule has 0 unspecified atom stereocenters. The number of fused-ring (bicyclic) bond motifs is 3. The van der Waals surface area contributed by atoms with E-state index >= 15 is 0 Å². The van der Waals surface area contributed by atoms with Crippen molar-refractivity contribution in [1.29, 1.82) is 0 Å². The Hall–Kier alpha value is -2.45. The van der Waals surface area contributed by atoms with Crippen LogP contribution in [0, 0.1) is 12.7 Å². The summed E-state index contributed by atoms with van der Waals surface area (Å²) < 4.78 is 26.1. The van der Waals surface area contributed by atoms with Gasteiger partial charge in [0.05, 0.1) is 12.0 Å². The first kappa shape index (κ1) is 21.3. The van der Waals surface area contributed by atoms with E-state index in [0.717, 1.165) is 46.5 Å². The Morgan fingerprint density at radius 1 is 1.31 bits per heavy atom. The fourth-order valence-corrected chi connectivity index (χ4v) is 4.27. The van der Waals surface area contributed by atoms with Crippen molar-refractivity contribution in [2.75, 3.05) is 26.0 Å². The van der Waals surface area contributed by atoms with Crippen LogP contribution in [0.25, 0.3) is 5.65 Å². The summed E-state index contributed by atoms with van der Waals surface area (Å²) in [6.07, 6.45) is 2.78. The first-order chi connectivity index (χ1) is 14.0. The highest BCUT2D eigenvalue weighted by atomic mass is 32.2. The lowest BCUT2D eigenvalue weighted by Gasteiger charge is -2.26. The van der Waals surface area contributed by atoms with E-state index < -0.39 is 0 Å². The van der Waals surface area contributed by atoms with Crippen LogP contribution >= 0.6 is 11.8 Å². The number of halogens is 2. The van der Waals surface area contributed by atoms with E-state index in [2.05, 4.69) is 24.2 Å². The predicted molar refractivity (Wildman–Crippen MR) is 114 cm³/mol. The standard InChI is InChI=1S/C18H20FN5S.C3H5F/c1-11-14-10-23(3)8-7-15(14)24-18(21-11)16(17(20-2)22-24)25-13-6-4-5-12(19)9-13;1-2-3-4/h4-6,9H,7-8,10H2,1-3H3,(H,20,22);2-3H,1H3/b;3-2+. The van der Waals surface area contributed by atoms with Gasteiger partial charge < -0.3 is 10.2 Å². The van der Waals surface area contributed by atoms with Crippen LogP contribution < -0.4 is 5.32 Å². The molecule has 0 fully saturated rings. The Balaban J connectivity index is 0.000000552. The lowest BCUT2D eigenvalue weighted by atomic mass is 10.0. The Kier molecular flexibility index (Phi) is 6.87. The number of allylic oxidation sites excluding steroid dienone is 1. The molecular weight excluding hydrogens is 392 g/mol. The van der Waals surface area contributed by atoms with Gasteiger partial charge in [0, 0.05) is 42.7 Å². The highest BCUT2D eigenvalue weighted by molar-refractivity contribution is 7.99. The molecule has 0 bridgehead atoms. The summed E-state index contributed by atoms with van der Waals surface area (Å²) in [7, 11) is 3.98. The minimum Gasteiger partial charge on any atom is -0.371 e. The summed E-state index contributed by atoms with van der Waals surface area (Å²) in [4.78, 5) is 8.89. The third kappa shape index (κ3) is 4.59. The Morgan fingerprint density at radius 2 is 2.07 bits per heavy atom. The maximum atomic E-state index is 13.5.